The van der Waals surface area contributed by atoms with Gasteiger partial charge in [-0.3, -0.25) is 5.84 Å². The van der Waals surface area contributed by atoms with E-state index in [4.69, 9.17) is 17.4 Å². The topological polar surface area (TPSA) is 84.2 Å². The fraction of sp³-hybridized carbons (Fsp3) is 0.143. The molecule has 0 aliphatic rings. The number of halogens is 1. The molecule has 0 saturated carbocycles. The zero-order chi connectivity index (χ0) is 15.3. The van der Waals surface area contributed by atoms with Crippen LogP contribution in [-0.4, -0.2) is 15.0 Å². The van der Waals surface area contributed by atoms with Gasteiger partial charge in [-0.2, -0.15) is 0 Å². The Bertz CT molecular complexity index is 685. The minimum absolute atomic E-state index is 0.203. The van der Waals surface area contributed by atoms with Crippen molar-refractivity contribution in [1.82, 2.24) is 4.72 Å². The van der Waals surface area contributed by atoms with Crippen LogP contribution in [0.3, 0.4) is 0 Å². The van der Waals surface area contributed by atoms with Gasteiger partial charge in [-0.25, -0.2) is 13.1 Å². The van der Waals surface area contributed by atoms with Gasteiger partial charge in [0.2, 0.25) is 10.0 Å². The van der Waals surface area contributed by atoms with Crippen LogP contribution in [0.1, 0.15) is 5.56 Å². The summed E-state index contributed by atoms with van der Waals surface area (Å²) >= 11 is 5.74. The molecule has 0 amide bonds. The van der Waals surface area contributed by atoms with Gasteiger partial charge in [0.1, 0.15) is 0 Å². The molecule has 0 fully saturated rings. The highest BCUT2D eigenvalue weighted by molar-refractivity contribution is 7.89. The number of sulfonamides is 1. The quantitative estimate of drug-likeness (QED) is 0.561. The van der Waals surface area contributed by atoms with Crippen molar-refractivity contribution in [3.8, 4) is 0 Å². The van der Waals surface area contributed by atoms with E-state index in [0.717, 1.165) is 11.3 Å². The summed E-state index contributed by atoms with van der Waals surface area (Å²) in [5, 5.41) is 0.502. The summed E-state index contributed by atoms with van der Waals surface area (Å²) in [6.45, 7) is 0.320. The van der Waals surface area contributed by atoms with Crippen LogP contribution in [0, 0.1) is 0 Å². The third-order valence-electron chi connectivity index (χ3n) is 2.95. The fourth-order valence-corrected chi connectivity index (χ4v) is 2.95. The maximum Gasteiger partial charge on any atom is 0.240 e. The van der Waals surface area contributed by atoms with Crippen molar-refractivity contribution in [3.05, 3.63) is 59.1 Å². The van der Waals surface area contributed by atoms with E-state index in [9.17, 15) is 8.42 Å². The zero-order valence-corrected chi connectivity index (χ0v) is 12.8. The predicted octanol–water partition coefficient (Wildman–Crippen LogP) is 2.15. The number of anilines is 1. The average molecular weight is 326 g/mol. The van der Waals surface area contributed by atoms with E-state index in [-0.39, 0.29) is 4.90 Å². The van der Waals surface area contributed by atoms with E-state index in [0.29, 0.717) is 18.0 Å². The summed E-state index contributed by atoms with van der Waals surface area (Å²) in [4.78, 5) is 0.203. The monoisotopic (exact) mass is 325 g/mol. The third-order valence-corrected chi connectivity index (χ3v) is 4.68. The predicted molar refractivity (Wildman–Crippen MR) is 84.6 cm³/mol. The normalized spacial score (nSPS) is 11.3. The van der Waals surface area contributed by atoms with Crippen molar-refractivity contribution in [2.75, 3.05) is 12.0 Å². The van der Waals surface area contributed by atoms with Crippen molar-refractivity contribution in [3.63, 3.8) is 0 Å². The van der Waals surface area contributed by atoms with Gasteiger partial charge in [0.25, 0.3) is 0 Å². The van der Waals surface area contributed by atoms with E-state index in [1.807, 2.05) is 24.3 Å². The molecular weight excluding hydrogens is 310 g/mol. The lowest BCUT2D eigenvalue weighted by molar-refractivity contribution is 0.581. The Morgan fingerprint density at radius 1 is 1.00 bits per heavy atom. The molecule has 0 aromatic heterocycles. The molecule has 4 N–H and O–H groups in total. The third kappa shape index (κ3) is 4.44. The summed E-state index contributed by atoms with van der Waals surface area (Å²) in [5.41, 5.74) is 4.37. The Balaban J connectivity index is 1.93. The highest BCUT2D eigenvalue weighted by Crippen LogP contribution is 2.14. The highest BCUT2D eigenvalue weighted by Gasteiger charge is 2.12. The number of nitrogens with one attached hydrogen (secondary N) is 2. The van der Waals surface area contributed by atoms with E-state index >= 15 is 0 Å². The first-order chi connectivity index (χ1) is 10.0. The van der Waals surface area contributed by atoms with Gasteiger partial charge < -0.3 is 5.43 Å². The number of hydrogen-bond acceptors (Lipinski definition) is 4. The van der Waals surface area contributed by atoms with Gasteiger partial charge >= 0.3 is 0 Å². The van der Waals surface area contributed by atoms with Crippen LogP contribution < -0.4 is 16.0 Å². The number of rotatable bonds is 6. The van der Waals surface area contributed by atoms with Gasteiger partial charge in [-0.15, -0.1) is 0 Å². The molecule has 0 bridgehead atoms. The number of nitrogens with two attached hydrogens (primary N) is 1. The first-order valence-electron chi connectivity index (χ1n) is 6.32. The Morgan fingerprint density at radius 3 is 2.19 bits per heavy atom. The lowest BCUT2D eigenvalue weighted by Gasteiger charge is -2.07. The Morgan fingerprint density at radius 2 is 1.62 bits per heavy atom. The molecule has 0 heterocycles. The standard InChI is InChI=1S/C14H16ClN3O2S/c15-12-3-7-14(8-4-12)21(19,20)17-10-9-11-1-5-13(18-16)6-2-11/h1-8,17-18H,9-10,16H2. The molecule has 5 nitrogen and oxygen atoms in total. The largest absolute Gasteiger partial charge is 0.324 e. The summed E-state index contributed by atoms with van der Waals surface area (Å²) in [6, 6.07) is 13.5. The molecule has 0 spiro atoms. The van der Waals surface area contributed by atoms with E-state index in [1.54, 1.807) is 12.1 Å². The first-order valence-corrected chi connectivity index (χ1v) is 8.18. The molecule has 0 atom stereocenters. The second kappa shape index (κ2) is 6.91. The van der Waals surface area contributed by atoms with Crippen LogP contribution in [-0.2, 0) is 16.4 Å². The van der Waals surface area contributed by atoms with Crippen molar-refractivity contribution in [2.45, 2.75) is 11.3 Å². The minimum atomic E-state index is -3.50. The van der Waals surface area contributed by atoms with Crippen LogP contribution in [0.2, 0.25) is 5.02 Å². The lowest BCUT2D eigenvalue weighted by atomic mass is 10.1. The fourth-order valence-electron chi connectivity index (χ4n) is 1.79. The van der Waals surface area contributed by atoms with Crippen LogP contribution >= 0.6 is 11.6 Å². The Kier molecular flexibility index (Phi) is 5.19. The summed E-state index contributed by atoms with van der Waals surface area (Å²) in [7, 11) is -3.50. The van der Waals surface area contributed by atoms with Gasteiger partial charge in [-0.05, 0) is 48.4 Å². The van der Waals surface area contributed by atoms with E-state index < -0.39 is 10.0 Å². The van der Waals surface area contributed by atoms with Gasteiger partial charge in [0.05, 0.1) is 4.90 Å². The number of hydrogen-bond donors (Lipinski definition) is 3. The Labute approximate surface area is 129 Å². The molecule has 112 valence electrons. The number of nitrogen functional groups attached to an aromatic ring is 1. The molecule has 0 radical (unpaired) electrons. The maximum atomic E-state index is 12.1. The number of benzene rings is 2. The van der Waals surface area contributed by atoms with E-state index in [1.165, 1.54) is 12.1 Å². The second-order valence-corrected chi connectivity index (χ2v) is 6.65. The van der Waals surface area contributed by atoms with Crippen molar-refractivity contribution < 1.29 is 8.42 Å². The van der Waals surface area contributed by atoms with Crippen LogP contribution in [0.4, 0.5) is 5.69 Å². The summed E-state index contributed by atoms with van der Waals surface area (Å²) in [6.07, 6.45) is 0.595. The smallest absolute Gasteiger partial charge is 0.240 e. The van der Waals surface area contributed by atoms with Crippen LogP contribution in [0.5, 0.6) is 0 Å². The first kappa shape index (κ1) is 15.8. The maximum absolute atomic E-state index is 12.1. The van der Waals surface area contributed by atoms with E-state index in [2.05, 4.69) is 10.1 Å². The molecule has 0 unspecified atom stereocenters. The van der Waals surface area contributed by atoms with Crippen molar-refractivity contribution >= 4 is 27.3 Å². The molecule has 21 heavy (non-hydrogen) atoms. The van der Waals surface area contributed by atoms with Gasteiger partial charge in [0, 0.05) is 17.3 Å². The average Bonchev–Trinajstić information content (AvgIpc) is 2.48. The summed E-state index contributed by atoms with van der Waals surface area (Å²) in [5.74, 6) is 5.28. The SMILES string of the molecule is NNc1ccc(CCNS(=O)(=O)c2ccc(Cl)cc2)cc1. The lowest BCUT2D eigenvalue weighted by Crippen LogP contribution is -2.25. The summed E-state index contributed by atoms with van der Waals surface area (Å²) < 4.78 is 26.7. The Hall–Kier alpha value is -1.60. The minimum Gasteiger partial charge on any atom is -0.324 e. The van der Waals surface area contributed by atoms with Crippen molar-refractivity contribution in [1.29, 1.82) is 0 Å². The van der Waals surface area contributed by atoms with Gasteiger partial charge in [0.15, 0.2) is 0 Å². The number of hydrazine groups is 1. The van der Waals surface area contributed by atoms with Crippen LogP contribution in [0.25, 0.3) is 0 Å². The van der Waals surface area contributed by atoms with Crippen molar-refractivity contribution in [2.24, 2.45) is 5.84 Å². The van der Waals surface area contributed by atoms with Gasteiger partial charge in [-0.1, -0.05) is 23.7 Å². The second-order valence-electron chi connectivity index (χ2n) is 4.44. The molecule has 0 aliphatic carbocycles. The molecule has 2 rings (SSSR count). The molecule has 0 saturated heterocycles. The zero-order valence-electron chi connectivity index (χ0n) is 11.2. The molecule has 7 heteroatoms. The highest BCUT2D eigenvalue weighted by atomic mass is 35.5. The molecule has 2 aromatic rings. The molecule has 0 aliphatic heterocycles. The molecule has 2 aromatic carbocycles. The van der Waals surface area contributed by atoms with Crippen LogP contribution in [0.15, 0.2) is 53.4 Å². The molecular formula is C14H16ClN3O2S.